The number of benzene rings is 4. The minimum atomic E-state index is -3.59. The van der Waals surface area contributed by atoms with Gasteiger partial charge < -0.3 is 18.1 Å². The van der Waals surface area contributed by atoms with Crippen LogP contribution >= 0.6 is 22.8 Å². The third kappa shape index (κ3) is 7.31. The van der Waals surface area contributed by atoms with Crippen molar-refractivity contribution in [3.8, 4) is 23.0 Å². The molecule has 0 fully saturated rings. The van der Waals surface area contributed by atoms with Crippen LogP contribution in [0.25, 0.3) is 0 Å². The van der Waals surface area contributed by atoms with Gasteiger partial charge >= 0.3 is 22.8 Å². The molecule has 44 heavy (non-hydrogen) atoms. The average molecular weight is 652 g/mol. The van der Waals surface area contributed by atoms with Crippen molar-refractivity contribution in [1.29, 1.82) is 0 Å². The van der Waals surface area contributed by atoms with E-state index in [4.69, 9.17) is 31.6 Å². The minimum Gasteiger partial charge on any atom is -0.430 e. The smallest absolute Gasteiger partial charge is 0.430 e. The second kappa shape index (κ2) is 13.0. The Hall–Kier alpha value is -3.31. The monoisotopic (exact) mass is 651 g/mol. The second-order valence-corrected chi connectivity index (χ2v) is 18.6. The number of hydrogen-bond acceptors (Lipinski definition) is 9. The van der Waals surface area contributed by atoms with E-state index in [9.17, 15) is 0 Å². The van der Waals surface area contributed by atoms with Gasteiger partial charge in [-0.25, -0.2) is 9.34 Å². The lowest BCUT2D eigenvalue weighted by molar-refractivity contribution is 0.462. The highest BCUT2D eigenvalue weighted by molar-refractivity contribution is 7.80. The fourth-order valence-electron chi connectivity index (χ4n) is 4.10. The Labute approximate surface area is 261 Å². The summed E-state index contributed by atoms with van der Waals surface area (Å²) >= 11 is 0. The van der Waals surface area contributed by atoms with Crippen LogP contribution in [0.4, 0.5) is 0 Å². The van der Waals surface area contributed by atoms with Gasteiger partial charge in [0.2, 0.25) is 0 Å². The molecule has 0 N–H and O–H groups in total. The van der Waals surface area contributed by atoms with Crippen LogP contribution in [0.1, 0.15) is 22.3 Å². The van der Waals surface area contributed by atoms with Gasteiger partial charge in [-0.3, -0.25) is 0 Å². The number of aryl methyl sites for hydroxylation is 4. The molecule has 232 valence electrons. The molecular formula is C32H40N5O4P3. The number of rotatable bonds is 10. The molecule has 4 aromatic carbocycles. The molecule has 5 rings (SSSR count). The van der Waals surface area contributed by atoms with E-state index < -0.39 is 22.8 Å². The van der Waals surface area contributed by atoms with Crippen LogP contribution in [0.15, 0.2) is 111 Å². The minimum absolute atomic E-state index is 0.574. The first kappa shape index (κ1) is 32.1. The normalized spacial score (nSPS) is 20.7. The number of hydrogen-bond donors (Lipinski definition) is 0. The molecule has 0 saturated heterocycles. The molecule has 0 radical (unpaired) electrons. The van der Waals surface area contributed by atoms with E-state index in [0.717, 1.165) is 22.3 Å². The molecule has 0 aromatic heterocycles. The van der Waals surface area contributed by atoms with Gasteiger partial charge in [0.1, 0.15) is 23.0 Å². The fraction of sp³-hybridized carbons (Fsp3) is 0.250. The van der Waals surface area contributed by atoms with Gasteiger partial charge in [-0.1, -0.05) is 70.8 Å². The molecule has 1 aliphatic rings. The molecule has 0 amide bonds. The number of nitrogens with zero attached hydrogens (tertiary/aromatic N) is 5. The third-order valence-electron chi connectivity index (χ3n) is 6.72. The largest absolute Gasteiger partial charge is 0.457 e. The van der Waals surface area contributed by atoms with Crippen molar-refractivity contribution in [1.82, 2.24) is 9.34 Å². The molecular weight excluding hydrogens is 611 g/mol. The van der Waals surface area contributed by atoms with Gasteiger partial charge in [-0.15, -0.1) is 13.5 Å². The molecule has 0 bridgehead atoms. The lowest BCUT2D eigenvalue weighted by atomic mass is 10.2. The van der Waals surface area contributed by atoms with Crippen molar-refractivity contribution in [3.05, 3.63) is 119 Å². The summed E-state index contributed by atoms with van der Waals surface area (Å²) in [5.41, 5.74) is 4.44. The summed E-state index contributed by atoms with van der Waals surface area (Å²) < 4.78 is 47.0. The van der Waals surface area contributed by atoms with E-state index in [1.807, 2.05) is 162 Å². The molecule has 4 aromatic rings. The summed E-state index contributed by atoms with van der Waals surface area (Å²) in [5, 5.41) is 0. The van der Waals surface area contributed by atoms with Gasteiger partial charge in [0.25, 0.3) is 0 Å². The van der Waals surface area contributed by atoms with Gasteiger partial charge in [-0.2, -0.15) is 0 Å². The average Bonchev–Trinajstić information content (AvgIpc) is 2.98. The maximum absolute atomic E-state index is 6.82. The Balaban J connectivity index is 1.82. The van der Waals surface area contributed by atoms with Gasteiger partial charge in [0.05, 0.1) is 0 Å². The fourth-order valence-corrected chi connectivity index (χ4v) is 14.8. The van der Waals surface area contributed by atoms with Crippen LogP contribution in [0.3, 0.4) is 0 Å². The predicted molar refractivity (Wildman–Crippen MR) is 183 cm³/mol. The zero-order valence-electron chi connectivity index (χ0n) is 26.4. The first-order chi connectivity index (χ1) is 20.9. The maximum Gasteiger partial charge on any atom is 0.457 e. The lowest BCUT2D eigenvalue weighted by Crippen LogP contribution is -2.19. The first-order valence-electron chi connectivity index (χ1n) is 14.2. The van der Waals surface area contributed by atoms with Crippen molar-refractivity contribution in [3.63, 3.8) is 0 Å². The van der Waals surface area contributed by atoms with Crippen molar-refractivity contribution in [2.24, 2.45) is 13.5 Å². The Bertz CT molecular complexity index is 1660. The second-order valence-electron chi connectivity index (χ2n) is 11.1. The maximum atomic E-state index is 6.82. The first-order valence-corrected chi connectivity index (χ1v) is 18.9. The quantitative estimate of drug-likeness (QED) is 0.159. The van der Waals surface area contributed by atoms with Crippen molar-refractivity contribution < 1.29 is 18.1 Å². The Morgan fingerprint density at radius 3 is 0.955 bits per heavy atom. The van der Waals surface area contributed by atoms with Crippen LogP contribution in [-0.4, -0.2) is 37.5 Å². The van der Waals surface area contributed by atoms with Crippen LogP contribution in [0.2, 0.25) is 0 Å². The topological polar surface area (TPSA) is 80.5 Å². The lowest BCUT2D eigenvalue weighted by Gasteiger charge is -2.38. The van der Waals surface area contributed by atoms with Crippen molar-refractivity contribution in [2.75, 3.05) is 28.2 Å². The molecule has 0 spiro atoms. The highest BCUT2D eigenvalue weighted by Gasteiger charge is 2.47. The zero-order chi connectivity index (χ0) is 31.5. The van der Waals surface area contributed by atoms with Crippen LogP contribution in [0.5, 0.6) is 23.0 Å². The Morgan fingerprint density at radius 2 is 0.659 bits per heavy atom. The van der Waals surface area contributed by atoms with Crippen molar-refractivity contribution >= 4 is 22.8 Å². The summed E-state index contributed by atoms with van der Waals surface area (Å²) in [4.78, 5) is 0. The highest BCUT2D eigenvalue weighted by atomic mass is 31.3. The highest BCUT2D eigenvalue weighted by Crippen LogP contribution is 2.79. The van der Waals surface area contributed by atoms with Crippen LogP contribution in [-0.2, 0) is 0 Å². The summed E-state index contributed by atoms with van der Waals surface area (Å²) in [6.45, 7) is 8.13. The molecule has 12 heteroatoms. The van der Waals surface area contributed by atoms with E-state index in [1.54, 1.807) is 0 Å². The van der Waals surface area contributed by atoms with E-state index in [1.165, 1.54) is 0 Å². The molecule has 0 saturated carbocycles. The van der Waals surface area contributed by atoms with Gasteiger partial charge in [0.15, 0.2) is 0 Å². The van der Waals surface area contributed by atoms with Gasteiger partial charge in [0, 0.05) is 0 Å². The molecule has 1 aliphatic heterocycles. The molecule has 0 unspecified atom stereocenters. The van der Waals surface area contributed by atoms with E-state index in [-0.39, 0.29) is 0 Å². The summed E-state index contributed by atoms with van der Waals surface area (Å²) in [7, 11) is -2.49. The third-order valence-corrected chi connectivity index (χ3v) is 16.2. The standard InChI is InChI=1S/C32H40N5O4P3/c1-25-9-17-29(18-10-25)38-42(36(5)6)33-43(37(7)8,39-30-19-11-26(2)12-20-30)35-44(34-42,40-31-21-13-27(3)14-22-31)41-32-23-15-28(4)16-24-32/h9-24H,1-8H3/t42-,43+. The molecule has 2 atom stereocenters. The van der Waals surface area contributed by atoms with E-state index >= 15 is 0 Å². The van der Waals surface area contributed by atoms with Crippen molar-refractivity contribution in [2.45, 2.75) is 27.7 Å². The Kier molecular flexibility index (Phi) is 9.46. The summed E-state index contributed by atoms with van der Waals surface area (Å²) in [5.74, 6) is 2.40. The molecule has 0 aliphatic carbocycles. The van der Waals surface area contributed by atoms with E-state index in [0.29, 0.717) is 23.0 Å². The molecule has 1 heterocycles. The van der Waals surface area contributed by atoms with Gasteiger partial charge in [-0.05, 0) is 104 Å². The predicted octanol–water partition coefficient (Wildman–Crippen LogP) is 10.5. The van der Waals surface area contributed by atoms with Crippen LogP contribution < -0.4 is 18.1 Å². The van der Waals surface area contributed by atoms with Crippen LogP contribution in [0, 0.1) is 27.7 Å². The summed E-state index contributed by atoms with van der Waals surface area (Å²) in [6, 6.07) is 31.3. The zero-order valence-corrected chi connectivity index (χ0v) is 29.1. The molecule has 9 nitrogen and oxygen atoms in total. The van der Waals surface area contributed by atoms with E-state index in [2.05, 4.69) is 0 Å². The Morgan fingerprint density at radius 1 is 0.386 bits per heavy atom. The summed E-state index contributed by atoms with van der Waals surface area (Å²) in [6.07, 6.45) is 0. The SMILES string of the molecule is Cc1ccc(OP2(Oc3ccc(C)cc3)=N[P@@](Oc3ccc(C)cc3)(N(C)C)=N[P@@](Oc3ccc(C)cc3)(N(C)C)=N2)cc1.